The number of rotatable bonds is 7. The molecule has 0 aliphatic carbocycles. The van der Waals surface area contributed by atoms with Gasteiger partial charge in [0, 0.05) is 37.9 Å². The van der Waals surface area contributed by atoms with Crippen LogP contribution in [0.5, 0.6) is 0 Å². The molecule has 0 saturated carbocycles. The first-order chi connectivity index (χ1) is 11.6. The predicted octanol–water partition coefficient (Wildman–Crippen LogP) is 2.11. The second kappa shape index (κ2) is 9.27. The van der Waals surface area contributed by atoms with Gasteiger partial charge < -0.3 is 19.9 Å². The summed E-state index contributed by atoms with van der Waals surface area (Å²) < 4.78 is 5.35. The molecule has 1 aliphatic rings. The lowest BCUT2D eigenvalue weighted by Crippen LogP contribution is -2.36. The number of morpholine rings is 1. The van der Waals surface area contributed by atoms with E-state index >= 15 is 0 Å². The first kappa shape index (κ1) is 18.3. The van der Waals surface area contributed by atoms with Gasteiger partial charge in [-0.25, -0.2) is 0 Å². The molecule has 6 heteroatoms. The van der Waals surface area contributed by atoms with E-state index in [2.05, 4.69) is 10.2 Å². The number of carbonyl (C=O) groups is 2. The average Bonchev–Trinajstić information content (AvgIpc) is 2.61. The van der Waals surface area contributed by atoms with Gasteiger partial charge in [-0.1, -0.05) is 13.3 Å². The van der Waals surface area contributed by atoms with Crippen molar-refractivity contribution in [3.05, 3.63) is 24.3 Å². The SMILES string of the molecule is CCCCC(=O)N(C)CC(=O)Nc1ccc(N2CCOCC2)cc1. The molecule has 6 nitrogen and oxygen atoms in total. The van der Waals surface area contributed by atoms with E-state index in [1.165, 1.54) is 4.90 Å². The van der Waals surface area contributed by atoms with E-state index in [1.54, 1.807) is 7.05 Å². The number of hydrogen-bond donors (Lipinski definition) is 1. The van der Waals surface area contributed by atoms with E-state index in [0.29, 0.717) is 6.42 Å². The summed E-state index contributed by atoms with van der Waals surface area (Å²) in [7, 11) is 1.67. The van der Waals surface area contributed by atoms with Gasteiger partial charge in [0.2, 0.25) is 11.8 Å². The largest absolute Gasteiger partial charge is 0.378 e. The summed E-state index contributed by atoms with van der Waals surface area (Å²) in [6.45, 7) is 5.38. The molecule has 2 rings (SSSR count). The van der Waals surface area contributed by atoms with Gasteiger partial charge in [0.1, 0.15) is 0 Å². The molecule has 1 fully saturated rings. The van der Waals surface area contributed by atoms with E-state index in [4.69, 9.17) is 4.74 Å². The Hall–Kier alpha value is -2.08. The fourth-order valence-corrected chi connectivity index (χ4v) is 2.60. The fourth-order valence-electron chi connectivity index (χ4n) is 2.60. The van der Waals surface area contributed by atoms with Gasteiger partial charge in [0.25, 0.3) is 0 Å². The zero-order valence-electron chi connectivity index (χ0n) is 14.6. The molecule has 2 amide bonds. The Morgan fingerprint density at radius 1 is 1.21 bits per heavy atom. The van der Waals surface area contributed by atoms with Gasteiger partial charge in [-0.05, 0) is 30.7 Å². The number of nitrogens with one attached hydrogen (secondary N) is 1. The maximum Gasteiger partial charge on any atom is 0.243 e. The quantitative estimate of drug-likeness (QED) is 0.830. The van der Waals surface area contributed by atoms with Gasteiger partial charge in [-0.15, -0.1) is 0 Å². The lowest BCUT2D eigenvalue weighted by atomic mass is 10.2. The minimum absolute atomic E-state index is 0.00895. The van der Waals surface area contributed by atoms with Crippen LogP contribution in [0.15, 0.2) is 24.3 Å². The maximum absolute atomic E-state index is 12.1. The highest BCUT2D eigenvalue weighted by molar-refractivity contribution is 5.94. The van der Waals surface area contributed by atoms with Crippen LogP contribution >= 0.6 is 0 Å². The normalized spacial score (nSPS) is 14.3. The van der Waals surface area contributed by atoms with Crippen molar-refractivity contribution in [2.75, 3.05) is 50.1 Å². The third-order valence-electron chi connectivity index (χ3n) is 4.08. The van der Waals surface area contributed by atoms with Gasteiger partial charge in [0.15, 0.2) is 0 Å². The van der Waals surface area contributed by atoms with E-state index in [9.17, 15) is 9.59 Å². The first-order valence-corrected chi connectivity index (χ1v) is 8.56. The highest BCUT2D eigenvalue weighted by atomic mass is 16.5. The Labute approximate surface area is 143 Å². The van der Waals surface area contributed by atoms with Gasteiger partial charge in [-0.2, -0.15) is 0 Å². The van der Waals surface area contributed by atoms with Crippen LogP contribution < -0.4 is 10.2 Å². The molecule has 0 radical (unpaired) electrons. The van der Waals surface area contributed by atoms with Crippen LogP contribution in [-0.2, 0) is 14.3 Å². The van der Waals surface area contributed by atoms with Gasteiger partial charge >= 0.3 is 0 Å². The molecular formula is C18H27N3O3. The molecule has 1 saturated heterocycles. The second-order valence-corrected chi connectivity index (χ2v) is 6.05. The van der Waals surface area contributed by atoms with Crippen molar-refractivity contribution in [1.29, 1.82) is 0 Å². The Morgan fingerprint density at radius 3 is 2.50 bits per heavy atom. The average molecular weight is 333 g/mol. The first-order valence-electron chi connectivity index (χ1n) is 8.56. The molecule has 0 spiro atoms. The number of carbonyl (C=O) groups excluding carboxylic acids is 2. The minimum atomic E-state index is -0.179. The number of benzene rings is 1. The molecule has 1 aromatic rings. The Bertz CT molecular complexity index is 539. The number of ether oxygens (including phenoxy) is 1. The lowest BCUT2D eigenvalue weighted by molar-refractivity contribution is -0.133. The fraction of sp³-hybridized carbons (Fsp3) is 0.556. The third kappa shape index (κ3) is 5.53. The third-order valence-corrected chi connectivity index (χ3v) is 4.08. The molecule has 1 aromatic carbocycles. The maximum atomic E-state index is 12.1. The summed E-state index contributed by atoms with van der Waals surface area (Å²) in [5.74, 6) is -0.170. The number of hydrogen-bond acceptors (Lipinski definition) is 4. The molecule has 0 unspecified atom stereocenters. The molecule has 1 aliphatic heterocycles. The summed E-state index contributed by atoms with van der Waals surface area (Å²) in [6, 6.07) is 7.78. The minimum Gasteiger partial charge on any atom is -0.378 e. The van der Waals surface area contributed by atoms with E-state index in [0.717, 1.165) is 50.5 Å². The van der Waals surface area contributed by atoms with E-state index in [1.807, 2.05) is 31.2 Å². The summed E-state index contributed by atoms with van der Waals surface area (Å²) in [4.78, 5) is 27.6. The van der Waals surface area contributed by atoms with Crippen molar-refractivity contribution in [2.45, 2.75) is 26.2 Å². The Balaban J connectivity index is 1.82. The van der Waals surface area contributed by atoms with Crippen LogP contribution in [0.1, 0.15) is 26.2 Å². The molecule has 0 bridgehead atoms. The Kier molecular flexibility index (Phi) is 7.06. The lowest BCUT2D eigenvalue weighted by Gasteiger charge is -2.28. The number of likely N-dealkylation sites (N-methyl/N-ethyl adjacent to an activating group) is 1. The topological polar surface area (TPSA) is 61.9 Å². The van der Waals surface area contributed by atoms with Crippen LogP contribution in [-0.4, -0.2) is 56.6 Å². The van der Waals surface area contributed by atoms with E-state index in [-0.39, 0.29) is 18.4 Å². The summed E-state index contributed by atoms with van der Waals surface area (Å²) in [5.41, 5.74) is 1.87. The van der Waals surface area contributed by atoms with Crippen LogP contribution in [0.25, 0.3) is 0 Å². The van der Waals surface area contributed by atoms with Crippen LogP contribution in [0.4, 0.5) is 11.4 Å². The second-order valence-electron chi connectivity index (χ2n) is 6.05. The molecular weight excluding hydrogens is 306 g/mol. The van der Waals surface area contributed by atoms with E-state index < -0.39 is 0 Å². The predicted molar refractivity (Wildman–Crippen MR) is 95.3 cm³/mol. The summed E-state index contributed by atoms with van der Waals surface area (Å²) >= 11 is 0. The van der Waals surface area contributed by atoms with Gasteiger partial charge in [-0.3, -0.25) is 9.59 Å². The standard InChI is InChI=1S/C18H27N3O3/c1-3-4-5-18(23)20(2)14-17(22)19-15-6-8-16(9-7-15)21-10-12-24-13-11-21/h6-9H,3-5,10-14H2,1-2H3,(H,19,22). The molecule has 132 valence electrons. The number of nitrogens with zero attached hydrogens (tertiary/aromatic N) is 2. The highest BCUT2D eigenvalue weighted by Gasteiger charge is 2.13. The summed E-state index contributed by atoms with van der Waals surface area (Å²) in [5, 5.41) is 2.84. The smallest absolute Gasteiger partial charge is 0.243 e. The van der Waals surface area contributed by atoms with Crippen molar-refractivity contribution in [2.24, 2.45) is 0 Å². The van der Waals surface area contributed by atoms with Crippen LogP contribution in [0, 0.1) is 0 Å². The Morgan fingerprint density at radius 2 is 1.88 bits per heavy atom. The van der Waals surface area contributed by atoms with Gasteiger partial charge in [0.05, 0.1) is 19.8 Å². The zero-order chi connectivity index (χ0) is 17.4. The van der Waals surface area contributed by atoms with Crippen molar-refractivity contribution in [3.8, 4) is 0 Å². The highest BCUT2D eigenvalue weighted by Crippen LogP contribution is 2.19. The molecule has 0 aromatic heterocycles. The van der Waals surface area contributed by atoms with Crippen molar-refractivity contribution in [1.82, 2.24) is 4.90 Å². The van der Waals surface area contributed by atoms with Crippen LogP contribution in [0.3, 0.4) is 0 Å². The van der Waals surface area contributed by atoms with Crippen LogP contribution in [0.2, 0.25) is 0 Å². The number of anilines is 2. The molecule has 0 atom stereocenters. The van der Waals surface area contributed by atoms with Crippen molar-refractivity contribution in [3.63, 3.8) is 0 Å². The molecule has 1 heterocycles. The molecule has 1 N–H and O–H groups in total. The number of unbranched alkanes of at least 4 members (excludes halogenated alkanes) is 1. The summed E-state index contributed by atoms with van der Waals surface area (Å²) in [6.07, 6.45) is 2.32. The monoisotopic (exact) mass is 333 g/mol. The molecule has 24 heavy (non-hydrogen) atoms. The number of amides is 2. The zero-order valence-corrected chi connectivity index (χ0v) is 14.6. The van der Waals surface area contributed by atoms with Crippen molar-refractivity contribution >= 4 is 23.2 Å². The van der Waals surface area contributed by atoms with Crippen molar-refractivity contribution < 1.29 is 14.3 Å².